The molecule has 1 heterocycles. The van der Waals surface area contributed by atoms with E-state index in [1.54, 1.807) is 4.68 Å². The molecule has 2 aromatic rings. The van der Waals surface area contributed by atoms with Crippen LogP contribution in [0.25, 0.3) is 5.69 Å². The summed E-state index contributed by atoms with van der Waals surface area (Å²) in [5.74, 6) is -0.217. The Morgan fingerprint density at radius 3 is 2.88 bits per heavy atom. The Labute approximate surface area is 150 Å². The molecule has 0 aliphatic rings. The van der Waals surface area contributed by atoms with Crippen molar-refractivity contribution in [1.29, 1.82) is 0 Å². The highest BCUT2D eigenvalue weighted by molar-refractivity contribution is 7.99. The van der Waals surface area contributed by atoms with Crippen molar-refractivity contribution in [3.63, 3.8) is 0 Å². The van der Waals surface area contributed by atoms with Gasteiger partial charge in [-0.25, -0.2) is 0 Å². The fraction of sp³-hybridized carbons (Fsp3) is 0.438. The molecule has 2 rings (SSSR count). The SMILES string of the molecule is COC(=O)CCCNC(=O)CSc1nnnn1-c1cccc(C)c1C. The molecule has 8 nitrogen and oxygen atoms in total. The van der Waals surface area contributed by atoms with Crippen LogP contribution in [0, 0.1) is 13.8 Å². The number of tetrazole rings is 1. The summed E-state index contributed by atoms with van der Waals surface area (Å²) in [6.45, 7) is 4.46. The van der Waals surface area contributed by atoms with E-state index in [1.165, 1.54) is 18.9 Å². The summed E-state index contributed by atoms with van der Waals surface area (Å²) < 4.78 is 6.18. The third kappa shape index (κ3) is 5.28. The number of hydrogen-bond acceptors (Lipinski definition) is 7. The normalized spacial score (nSPS) is 10.5. The Kier molecular flexibility index (Phi) is 6.93. The first kappa shape index (κ1) is 18.9. The van der Waals surface area contributed by atoms with E-state index in [4.69, 9.17) is 0 Å². The van der Waals surface area contributed by atoms with Crippen molar-refractivity contribution in [2.75, 3.05) is 19.4 Å². The molecule has 0 unspecified atom stereocenters. The predicted octanol–water partition coefficient (Wildman–Crippen LogP) is 1.44. The van der Waals surface area contributed by atoms with Gasteiger partial charge in [0.25, 0.3) is 0 Å². The lowest BCUT2D eigenvalue weighted by Crippen LogP contribution is -2.26. The van der Waals surface area contributed by atoms with E-state index < -0.39 is 0 Å². The number of hydrogen-bond donors (Lipinski definition) is 1. The molecule has 0 saturated heterocycles. The van der Waals surface area contributed by atoms with E-state index in [0.717, 1.165) is 16.8 Å². The highest BCUT2D eigenvalue weighted by Gasteiger charge is 2.13. The van der Waals surface area contributed by atoms with Crippen molar-refractivity contribution >= 4 is 23.6 Å². The number of amides is 1. The Hall–Kier alpha value is -2.42. The van der Waals surface area contributed by atoms with Gasteiger partial charge >= 0.3 is 5.97 Å². The number of ether oxygens (including phenoxy) is 1. The minimum Gasteiger partial charge on any atom is -0.469 e. The second kappa shape index (κ2) is 9.16. The molecule has 0 atom stereocenters. The molecule has 0 spiro atoms. The highest BCUT2D eigenvalue weighted by atomic mass is 32.2. The molecule has 1 aromatic heterocycles. The van der Waals surface area contributed by atoms with Crippen molar-refractivity contribution in [1.82, 2.24) is 25.5 Å². The van der Waals surface area contributed by atoms with Crippen LogP contribution in [0.15, 0.2) is 23.4 Å². The molecule has 1 N–H and O–H groups in total. The first-order valence-corrected chi connectivity index (χ1v) is 8.82. The number of esters is 1. The minimum absolute atomic E-state index is 0.134. The molecule has 0 bridgehead atoms. The number of thioether (sulfide) groups is 1. The van der Waals surface area contributed by atoms with Crippen molar-refractivity contribution in [3.8, 4) is 5.69 Å². The van der Waals surface area contributed by atoms with E-state index in [0.29, 0.717) is 18.1 Å². The highest BCUT2D eigenvalue weighted by Crippen LogP contribution is 2.22. The van der Waals surface area contributed by atoms with E-state index in [1.807, 2.05) is 32.0 Å². The molecule has 25 heavy (non-hydrogen) atoms. The average Bonchev–Trinajstić information content (AvgIpc) is 3.07. The molecule has 0 fully saturated rings. The maximum Gasteiger partial charge on any atom is 0.305 e. The number of aromatic nitrogens is 4. The molecule has 1 amide bonds. The number of benzene rings is 1. The van der Waals surface area contributed by atoms with Gasteiger partial charge in [0.2, 0.25) is 11.1 Å². The minimum atomic E-state index is -0.281. The predicted molar refractivity (Wildman–Crippen MR) is 93.6 cm³/mol. The summed E-state index contributed by atoms with van der Waals surface area (Å²) in [5.41, 5.74) is 3.13. The van der Waals surface area contributed by atoms with Gasteiger partial charge < -0.3 is 10.1 Å². The number of nitrogens with zero attached hydrogens (tertiary/aromatic N) is 4. The third-order valence-electron chi connectivity index (χ3n) is 3.69. The average molecular weight is 363 g/mol. The summed E-state index contributed by atoms with van der Waals surface area (Å²) >= 11 is 1.26. The topological polar surface area (TPSA) is 99.0 Å². The summed E-state index contributed by atoms with van der Waals surface area (Å²) in [5, 5.41) is 15.0. The molecule has 9 heteroatoms. The number of carbonyl (C=O) groups is 2. The summed E-state index contributed by atoms with van der Waals surface area (Å²) in [4.78, 5) is 22.9. The standard InChI is InChI=1S/C16H21N5O3S/c1-11-6-4-7-13(12(11)2)21-16(18-19-20-21)25-10-14(22)17-9-5-8-15(23)24-3/h4,6-7H,5,8-10H2,1-3H3,(H,17,22). The fourth-order valence-corrected chi connectivity index (χ4v) is 2.84. The Morgan fingerprint density at radius 1 is 1.32 bits per heavy atom. The van der Waals surface area contributed by atoms with E-state index >= 15 is 0 Å². The summed E-state index contributed by atoms with van der Waals surface area (Å²) in [6.07, 6.45) is 0.831. The molecular formula is C16H21N5O3S. The van der Waals surface area contributed by atoms with E-state index in [-0.39, 0.29) is 24.1 Å². The van der Waals surface area contributed by atoms with Crippen molar-refractivity contribution in [3.05, 3.63) is 29.3 Å². The molecule has 0 aliphatic heterocycles. The lowest BCUT2D eigenvalue weighted by molar-refractivity contribution is -0.140. The number of nitrogens with one attached hydrogen (secondary N) is 1. The van der Waals surface area contributed by atoms with Crippen molar-refractivity contribution in [2.24, 2.45) is 0 Å². The molecular weight excluding hydrogens is 342 g/mol. The third-order valence-corrected chi connectivity index (χ3v) is 4.60. The quantitative estimate of drug-likeness (QED) is 0.430. The molecule has 0 radical (unpaired) electrons. The molecule has 134 valence electrons. The number of methoxy groups -OCH3 is 1. The van der Waals surface area contributed by atoms with Crippen LogP contribution in [0.4, 0.5) is 0 Å². The van der Waals surface area contributed by atoms with Gasteiger partial charge in [-0.15, -0.1) is 5.10 Å². The maximum absolute atomic E-state index is 11.9. The first-order valence-electron chi connectivity index (χ1n) is 7.84. The van der Waals surface area contributed by atoms with Crippen LogP contribution in [-0.4, -0.2) is 51.5 Å². The van der Waals surface area contributed by atoms with Gasteiger partial charge in [-0.1, -0.05) is 23.9 Å². The van der Waals surface area contributed by atoms with Crippen LogP contribution < -0.4 is 5.32 Å². The van der Waals surface area contributed by atoms with Crippen LogP contribution >= 0.6 is 11.8 Å². The molecule has 0 aliphatic carbocycles. The Bertz CT molecular complexity index is 747. The van der Waals surface area contributed by atoms with Gasteiger partial charge in [-0.3, -0.25) is 9.59 Å². The van der Waals surface area contributed by atoms with Crippen molar-refractivity contribution < 1.29 is 14.3 Å². The first-order chi connectivity index (χ1) is 12.0. The van der Waals surface area contributed by atoms with Gasteiger partial charge in [0.05, 0.1) is 18.6 Å². The number of carbonyl (C=O) groups excluding carboxylic acids is 2. The van der Waals surface area contributed by atoms with Gasteiger partial charge in [0.15, 0.2) is 0 Å². The molecule has 1 aromatic carbocycles. The summed E-state index contributed by atoms with van der Waals surface area (Å²) in [6, 6.07) is 5.91. The van der Waals surface area contributed by atoms with Gasteiger partial charge in [0, 0.05) is 13.0 Å². The zero-order chi connectivity index (χ0) is 18.2. The van der Waals surface area contributed by atoms with Crippen LogP contribution in [0.5, 0.6) is 0 Å². The van der Waals surface area contributed by atoms with E-state index in [9.17, 15) is 9.59 Å². The fourth-order valence-electron chi connectivity index (χ4n) is 2.13. The second-order valence-corrected chi connectivity index (χ2v) is 6.35. The largest absolute Gasteiger partial charge is 0.469 e. The summed E-state index contributed by atoms with van der Waals surface area (Å²) in [7, 11) is 1.34. The lowest BCUT2D eigenvalue weighted by Gasteiger charge is -2.09. The van der Waals surface area contributed by atoms with Crippen molar-refractivity contribution in [2.45, 2.75) is 31.8 Å². The lowest BCUT2D eigenvalue weighted by atomic mass is 10.1. The zero-order valence-electron chi connectivity index (χ0n) is 14.5. The maximum atomic E-state index is 11.9. The Morgan fingerprint density at radius 2 is 2.12 bits per heavy atom. The number of aryl methyl sites for hydroxylation is 1. The number of rotatable bonds is 8. The van der Waals surface area contributed by atoms with Gasteiger partial charge in [0.1, 0.15) is 0 Å². The van der Waals surface area contributed by atoms with Crippen LogP contribution in [-0.2, 0) is 14.3 Å². The van der Waals surface area contributed by atoms with E-state index in [2.05, 4.69) is 25.6 Å². The smallest absolute Gasteiger partial charge is 0.305 e. The van der Waals surface area contributed by atoms with Gasteiger partial charge in [-0.2, -0.15) is 4.68 Å². The van der Waals surface area contributed by atoms with Crippen LogP contribution in [0.1, 0.15) is 24.0 Å². The van der Waals surface area contributed by atoms with Gasteiger partial charge in [-0.05, 0) is 47.9 Å². The van der Waals surface area contributed by atoms with Crippen LogP contribution in [0.3, 0.4) is 0 Å². The second-order valence-electron chi connectivity index (χ2n) is 5.41. The Balaban J connectivity index is 1.88. The monoisotopic (exact) mass is 363 g/mol. The molecule has 0 saturated carbocycles. The zero-order valence-corrected chi connectivity index (χ0v) is 15.3. The van der Waals surface area contributed by atoms with Crippen LogP contribution in [0.2, 0.25) is 0 Å².